The third kappa shape index (κ3) is 4.17. The molecule has 2 rings (SSSR count). The quantitative estimate of drug-likeness (QED) is 0.837. The van der Waals surface area contributed by atoms with E-state index in [0.29, 0.717) is 0 Å². The molecular weight excluding hydrogens is 244 g/mol. The van der Waals surface area contributed by atoms with Crippen LogP contribution in [0.25, 0.3) is 0 Å². The van der Waals surface area contributed by atoms with Crippen LogP contribution in [0.2, 0.25) is 0 Å². The highest BCUT2D eigenvalue weighted by Gasteiger charge is 2.13. The fourth-order valence-corrected chi connectivity index (χ4v) is 2.19. The van der Waals surface area contributed by atoms with Crippen molar-refractivity contribution in [1.29, 1.82) is 0 Å². The Morgan fingerprint density at radius 2 is 1.85 bits per heavy atom. The largest absolute Gasteiger partial charge is 0.298 e. The van der Waals surface area contributed by atoms with Gasteiger partial charge in [0.15, 0.2) is 0 Å². The number of rotatable bonds is 4. The molecule has 0 spiro atoms. The number of benzene rings is 1. The summed E-state index contributed by atoms with van der Waals surface area (Å²) in [6, 6.07) is 14.0. The summed E-state index contributed by atoms with van der Waals surface area (Å²) >= 11 is 0. The molecule has 105 valence electrons. The standard InChI is InChI=1S/C18H23N2/c1-18(2,3)17-9-7-15(8-10-17)13-20(4)14-16-6-5-11-19-12-16/h5-9,11-12H,13-14H2,1-4H3. The van der Waals surface area contributed by atoms with E-state index in [-0.39, 0.29) is 5.41 Å². The van der Waals surface area contributed by atoms with Gasteiger partial charge in [0.05, 0.1) is 0 Å². The van der Waals surface area contributed by atoms with Crippen molar-refractivity contribution < 1.29 is 0 Å². The molecule has 2 aromatic rings. The number of hydrogen-bond donors (Lipinski definition) is 0. The molecule has 0 fully saturated rings. The Bertz CT molecular complexity index is 524. The molecule has 0 atom stereocenters. The van der Waals surface area contributed by atoms with E-state index in [9.17, 15) is 0 Å². The summed E-state index contributed by atoms with van der Waals surface area (Å²) in [6.45, 7) is 8.48. The van der Waals surface area contributed by atoms with Gasteiger partial charge in [0, 0.05) is 25.5 Å². The molecule has 0 saturated heterocycles. The fraction of sp³-hybridized carbons (Fsp3) is 0.389. The lowest BCUT2D eigenvalue weighted by Gasteiger charge is -2.20. The predicted molar refractivity (Wildman–Crippen MR) is 83.4 cm³/mol. The summed E-state index contributed by atoms with van der Waals surface area (Å²) in [6.07, 6.45) is 3.73. The van der Waals surface area contributed by atoms with Crippen LogP contribution < -0.4 is 0 Å². The first-order chi connectivity index (χ1) is 9.45. The average Bonchev–Trinajstić information content (AvgIpc) is 2.39. The van der Waals surface area contributed by atoms with Gasteiger partial charge in [-0.15, -0.1) is 0 Å². The molecule has 0 unspecified atom stereocenters. The van der Waals surface area contributed by atoms with Gasteiger partial charge in [0.2, 0.25) is 0 Å². The zero-order valence-electron chi connectivity index (χ0n) is 12.9. The SMILES string of the molecule is CN(Cc1c[c]c(C(C)(C)C)cc1)Cc1cccnc1. The number of hydrogen-bond acceptors (Lipinski definition) is 2. The second kappa shape index (κ2) is 6.19. The zero-order valence-corrected chi connectivity index (χ0v) is 12.9. The van der Waals surface area contributed by atoms with Crippen molar-refractivity contribution in [1.82, 2.24) is 9.88 Å². The van der Waals surface area contributed by atoms with Crippen LogP contribution in [0.15, 0.2) is 42.7 Å². The molecule has 2 heteroatoms. The van der Waals surface area contributed by atoms with E-state index in [1.165, 1.54) is 16.7 Å². The maximum absolute atomic E-state index is 4.15. The summed E-state index contributed by atoms with van der Waals surface area (Å²) in [4.78, 5) is 6.44. The highest BCUT2D eigenvalue weighted by molar-refractivity contribution is 5.26. The zero-order chi connectivity index (χ0) is 14.6. The summed E-state index contributed by atoms with van der Waals surface area (Å²) in [7, 11) is 2.13. The van der Waals surface area contributed by atoms with Gasteiger partial charge in [-0.05, 0) is 47.4 Å². The van der Waals surface area contributed by atoms with Gasteiger partial charge in [0.1, 0.15) is 0 Å². The van der Waals surface area contributed by atoms with Crippen molar-refractivity contribution in [2.45, 2.75) is 39.3 Å². The van der Waals surface area contributed by atoms with E-state index in [1.54, 1.807) is 0 Å². The minimum atomic E-state index is 0.167. The van der Waals surface area contributed by atoms with Crippen LogP contribution in [0.4, 0.5) is 0 Å². The molecule has 0 amide bonds. The monoisotopic (exact) mass is 267 g/mol. The molecule has 0 aliphatic rings. The van der Waals surface area contributed by atoms with Crippen molar-refractivity contribution in [2.24, 2.45) is 0 Å². The lowest BCUT2D eigenvalue weighted by atomic mass is 9.87. The maximum atomic E-state index is 4.15. The van der Waals surface area contributed by atoms with Crippen LogP contribution in [0.1, 0.15) is 37.5 Å². The van der Waals surface area contributed by atoms with Gasteiger partial charge in [-0.1, -0.05) is 39.0 Å². The number of nitrogens with zero attached hydrogens (tertiary/aromatic N) is 2. The first kappa shape index (κ1) is 14.7. The predicted octanol–water partition coefficient (Wildman–Crippen LogP) is 3.81. The van der Waals surface area contributed by atoms with Crippen molar-refractivity contribution in [3.63, 3.8) is 0 Å². The van der Waals surface area contributed by atoms with Crippen LogP contribution in [-0.2, 0) is 18.5 Å². The van der Waals surface area contributed by atoms with Crippen molar-refractivity contribution >= 4 is 0 Å². The Labute approximate surface area is 122 Å². The Hall–Kier alpha value is -1.67. The third-order valence-corrected chi connectivity index (χ3v) is 3.31. The van der Waals surface area contributed by atoms with Crippen LogP contribution in [0.3, 0.4) is 0 Å². The van der Waals surface area contributed by atoms with Crippen molar-refractivity contribution in [3.05, 3.63) is 65.5 Å². The second-order valence-corrected chi connectivity index (χ2v) is 6.39. The smallest absolute Gasteiger partial charge is 0.0312 e. The molecule has 2 nitrogen and oxygen atoms in total. The van der Waals surface area contributed by atoms with E-state index >= 15 is 0 Å². The minimum Gasteiger partial charge on any atom is -0.298 e. The highest BCUT2D eigenvalue weighted by Crippen LogP contribution is 2.22. The lowest BCUT2D eigenvalue weighted by Crippen LogP contribution is -2.17. The van der Waals surface area contributed by atoms with Gasteiger partial charge in [-0.3, -0.25) is 9.88 Å². The van der Waals surface area contributed by atoms with Crippen LogP contribution in [-0.4, -0.2) is 16.9 Å². The Morgan fingerprint density at radius 3 is 2.40 bits per heavy atom. The first-order valence-electron chi connectivity index (χ1n) is 7.04. The minimum absolute atomic E-state index is 0.167. The topological polar surface area (TPSA) is 16.1 Å². The van der Waals surface area contributed by atoms with E-state index in [2.05, 4.69) is 68.0 Å². The molecule has 1 aromatic carbocycles. The van der Waals surface area contributed by atoms with Gasteiger partial charge >= 0.3 is 0 Å². The molecule has 0 aliphatic carbocycles. The molecule has 1 heterocycles. The first-order valence-corrected chi connectivity index (χ1v) is 7.04. The molecule has 0 aliphatic heterocycles. The summed E-state index contributed by atoms with van der Waals surface area (Å²) in [5.74, 6) is 0. The van der Waals surface area contributed by atoms with Gasteiger partial charge in [-0.25, -0.2) is 0 Å². The highest BCUT2D eigenvalue weighted by atomic mass is 15.1. The normalized spacial score (nSPS) is 11.8. The second-order valence-electron chi connectivity index (χ2n) is 6.39. The van der Waals surface area contributed by atoms with Gasteiger partial charge in [0.25, 0.3) is 0 Å². The Balaban J connectivity index is 1.96. The maximum Gasteiger partial charge on any atom is 0.0312 e. The van der Waals surface area contributed by atoms with E-state index < -0.39 is 0 Å². The average molecular weight is 267 g/mol. The number of aromatic nitrogens is 1. The summed E-state index contributed by atoms with van der Waals surface area (Å²) in [5.41, 5.74) is 3.96. The van der Waals surface area contributed by atoms with Crippen molar-refractivity contribution in [2.75, 3.05) is 7.05 Å². The van der Waals surface area contributed by atoms with Gasteiger partial charge < -0.3 is 0 Å². The van der Waals surface area contributed by atoms with E-state index in [1.807, 2.05) is 18.5 Å². The molecular formula is C18H23N2. The molecule has 1 aromatic heterocycles. The Morgan fingerprint density at radius 1 is 1.10 bits per heavy atom. The number of pyridine rings is 1. The molecule has 20 heavy (non-hydrogen) atoms. The molecule has 0 saturated carbocycles. The lowest BCUT2D eigenvalue weighted by molar-refractivity contribution is 0.318. The van der Waals surface area contributed by atoms with Crippen LogP contribution in [0.5, 0.6) is 0 Å². The van der Waals surface area contributed by atoms with E-state index in [0.717, 1.165) is 13.1 Å². The van der Waals surface area contributed by atoms with Gasteiger partial charge in [-0.2, -0.15) is 0 Å². The molecule has 0 N–H and O–H groups in total. The van der Waals surface area contributed by atoms with Crippen LogP contribution in [0, 0.1) is 6.07 Å². The Kier molecular flexibility index (Phi) is 4.56. The third-order valence-electron chi connectivity index (χ3n) is 3.31. The van der Waals surface area contributed by atoms with Crippen molar-refractivity contribution in [3.8, 4) is 0 Å². The molecule has 1 radical (unpaired) electrons. The van der Waals surface area contributed by atoms with E-state index in [4.69, 9.17) is 0 Å². The summed E-state index contributed by atoms with van der Waals surface area (Å²) in [5, 5.41) is 0. The fourth-order valence-electron chi connectivity index (χ4n) is 2.19. The molecule has 0 bridgehead atoms. The van der Waals surface area contributed by atoms with Crippen LogP contribution >= 0.6 is 0 Å². The summed E-state index contributed by atoms with van der Waals surface area (Å²) < 4.78 is 0.